The molecule has 0 unspecified atom stereocenters. The van der Waals surface area contributed by atoms with E-state index in [-0.39, 0.29) is 6.61 Å². The Morgan fingerprint density at radius 2 is 1.00 bits per heavy atom. The molecule has 3 rings (SSSR count). The fourth-order valence-electron chi connectivity index (χ4n) is 3.98. The number of rotatable bonds is 7. The van der Waals surface area contributed by atoms with Gasteiger partial charge in [0.05, 0.1) is 26.4 Å². The molecule has 0 aromatic heterocycles. The third kappa shape index (κ3) is 5.48. The highest BCUT2D eigenvalue weighted by Gasteiger charge is 2.51. The third-order valence-corrected chi connectivity index (χ3v) is 6.04. The summed E-state index contributed by atoms with van der Waals surface area (Å²) in [5.41, 5.74) is 0. The normalized spacial score (nSPS) is 51.5. The number of ether oxygens (including phenoxy) is 5. The van der Waals surface area contributed by atoms with Gasteiger partial charge in [0.2, 0.25) is 0 Å². The molecule has 3 aliphatic heterocycles. The van der Waals surface area contributed by atoms with Gasteiger partial charge in [0.1, 0.15) is 73.2 Å². The minimum absolute atomic E-state index is 0.334. The highest BCUT2D eigenvalue weighted by atomic mass is 16.7. The molecule has 15 nitrogen and oxygen atoms in total. The maximum Gasteiger partial charge on any atom is 0.187 e. The molecule has 0 aliphatic carbocycles. The average molecular weight is 488 g/mol. The van der Waals surface area contributed by atoms with Gasteiger partial charge in [-0.15, -0.1) is 0 Å². The van der Waals surface area contributed by atoms with Crippen LogP contribution in [-0.4, -0.2) is 163 Å². The van der Waals surface area contributed by atoms with E-state index in [1.807, 2.05) is 0 Å². The maximum atomic E-state index is 10.6. The van der Waals surface area contributed by atoms with Crippen molar-refractivity contribution < 1.29 is 74.7 Å². The number of hydrogen-bond acceptors (Lipinski definition) is 15. The Hall–Kier alpha value is -0.600. The quantitative estimate of drug-likeness (QED) is 0.160. The van der Waals surface area contributed by atoms with Gasteiger partial charge in [-0.3, -0.25) is 0 Å². The van der Waals surface area contributed by atoms with E-state index < -0.39 is 106 Å². The first-order valence-corrected chi connectivity index (χ1v) is 10.5. The minimum atomic E-state index is -1.79. The van der Waals surface area contributed by atoms with Crippen molar-refractivity contribution >= 4 is 0 Å². The van der Waals surface area contributed by atoms with E-state index in [4.69, 9.17) is 23.7 Å². The van der Waals surface area contributed by atoms with Crippen molar-refractivity contribution in [3.8, 4) is 0 Å². The van der Waals surface area contributed by atoms with Crippen LogP contribution in [0.2, 0.25) is 0 Å². The molecule has 0 spiro atoms. The van der Waals surface area contributed by atoms with Gasteiger partial charge in [-0.25, -0.2) is 0 Å². The molecular weight excluding hydrogens is 456 g/mol. The van der Waals surface area contributed by atoms with Gasteiger partial charge in [-0.05, 0) is 0 Å². The molecule has 3 aliphatic rings. The standard InChI is InChI=1S/C18H32O15/c19-1-5-11(24)16(33-18-15(28)13(26)10(23)7(3-21)31-18)8(4-29-5)32-17-14(27)12(25)9(22)6(2-20)30-17/h5-28H,1-4H2/t5-,6-,7-,8+,9-,10-,11-,12+,13+,14-,15-,16-,17+,18+/m1/s1. The van der Waals surface area contributed by atoms with Crippen LogP contribution in [0.4, 0.5) is 0 Å². The van der Waals surface area contributed by atoms with Crippen molar-refractivity contribution in [3.05, 3.63) is 0 Å². The van der Waals surface area contributed by atoms with Crippen LogP contribution < -0.4 is 0 Å². The first-order valence-electron chi connectivity index (χ1n) is 10.5. The maximum absolute atomic E-state index is 10.6. The van der Waals surface area contributed by atoms with Gasteiger partial charge < -0.3 is 74.7 Å². The Morgan fingerprint density at radius 3 is 1.45 bits per heavy atom. The number of aliphatic hydroxyl groups is 10. The topological polar surface area (TPSA) is 248 Å². The van der Waals surface area contributed by atoms with Crippen molar-refractivity contribution in [2.24, 2.45) is 0 Å². The van der Waals surface area contributed by atoms with Crippen molar-refractivity contribution in [2.45, 2.75) is 85.8 Å². The van der Waals surface area contributed by atoms with Crippen LogP contribution in [0.25, 0.3) is 0 Å². The lowest BCUT2D eigenvalue weighted by molar-refractivity contribution is -0.362. The predicted octanol–water partition coefficient (Wildman–Crippen LogP) is -6.89. The van der Waals surface area contributed by atoms with Crippen LogP contribution in [0.3, 0.4) is 0 Å². The zero-order valence-corrected chi connectivity index (χ0v) is 17.4. The predicted molar refractivity (Wildman–Crippen MR) is 100 cm³/mol. The Kier molecular flexibility index (Phi) is 9.35. The minimum Gasteiger partial charge on any atom is -0.394 e. The molecule has 0 aromatic carbocycles. The fourth-order valence-corrected chi connectivity index (χ4v) is 3.98. The highest BCUT2D eigenvalue weighted by Crippen LogP contribution is 2.30. The van der Waals surface area contributed by atoms with Crippen LogP contribution in [0, 0.1) is 0 Å². The molecule has 33 heavy (non-hydrogen) atoms. The van der Waals surface area contributed by atoms with Crippen LogP contribution in [0.1, 0.15) is 0 Å². The van der Waals surface area contributed by atoms with Crippen molar-refractivity contribution in [1.82, 2.24) is 0 Å². The second-order valence-electron chi connectivity index (χ2n) is 8.21. The van der Waals surface area contributed by atoms with Crippen LogP contribution in [-0.2, 0) is 23.7 Å². The van der Waals surface area contributed by atoms with Gasteiger partial charge in [-0.1, -0.05) is 0 Å². The van der Waals surface area contributed by atoms with Crippen molar-refractivity contribution in [1.29, 1.82) is 0 Å². The highest BCUT2D eigenvalue weighted by molar-refractivity contribution is 4.95. The smallest absolute Gasteiger partial charge is 0.187 e. The van der Waals surface area contributed by atoms with E-state index in [9.17, 15) is 51.1 Å². The summed E-state index contributed by atoms with van der Waals surface area (Å²) >= 11 is 0. The molecule has 194 valence electrons. The lowest BCUT2D eigenvalue weighted by Crippen LogP contribution is -2.65. The Morgan fingerprint density at radius 1 is 0.545 bits per heavy atom. The summed E-state index contributed by atoms with van der Waals surface area (Å²) in [6.07, 6.45) is -21.5. The Labute approximate surface area is 187 Å². The molecule has 0 saturated carbocycles. The summed E-state index contributed by atoms with van der Waals surface area (Å²) in [5.74, 6) is 0. The second kappa shape index (κ2) is 11.4. The molecule has 3 heterocycles. The third-order valence-electron chi connectivity index (χ3n) is 6.04. The van der Waals surface area contributed by atoms with Gasteiger partial charge in [0, 0.05) is 0 Å². The monoisotopic (exact) mass is 488 g/mol. The number of hydrogen-bond donors (Lipinski definition) is 10. The molecule has 0 aromatic rings. The van der Waals surface area contributed by atoms with Crippen LogP contribution in [0.15, 0.2) is 0 Å². The zero-order valence-electron chi connectivity index (χ0n) is 17.4. The van der Waals surface area contributed by atoms with E-state index in [1.165, 1.54) is 0 Å². The molecule has 0 amide bonds. The first kappa shape index (κ1) is 27.0. The molecule has 3 saturated heterocycles. The summed E-state index contributed by atoms with van der Waals surface area (Å²) in [6, 6.07) is 0. The molecule has 0 bridgehead atoms. The molecule has 10 N–H and O–H groups in total. The van der Waals surface area contributed by atoms with Crippen molar-refractivity contribution in [2.75, 3.05) is 26.4 Å². The SMILES string of the molecule is OC[C@H]1O[C@@H](O[C@H]2[C@H](O)[C@@H](CO)OC[C@@H]2O[C@@H]2O[C@H](CO)[C@@H](O)[C@H](O)[C@H]2O)[C@H](O)[C@@H](O)[C@@H]1O. The summed E-state index contributed by atoms with van der Waals surface area (Å²) in [7, 11) is 0. The fraction of sp³-hybridized carbons (Fsp3) is 1.00. The molecule has 14 atom stereocenters. The van der Waals surface area contributed by atoms with Gasteiger partial charge in [-0.2, -0.15) is 0 Å². The van der Waals surface area contributed by atoms with E-state index >= 15 is 0 Å². The molecule has 0 radical (unpaired) electrons. The Bertz CT molecular complexity index is 607. The lowest BCUT2D eigenvalue weighted by Gasteiger charge is -2.46. The zero-order chi connectivity index (χ0) is 24.4. The molecular formula is C18H32O15. The van der Waals surface area contributed by atoms with E-state index in [1.54, 1.807) is 0 Å². The van der Waals surface area contributed by atoms with Crippen LogP contribution >= 0.6 is 0 Å². The summed E-state index contributed by atoms with van der Waals surface area (Å²) in [4.78, 5) is 0. The van der Waals surface area contributed by atoms with E-state index in [2.05, 4.69) is 0 Å². The molecule has 3 fully saturated rings. The summed E-state index contributed by atoms with van der Waals surface area (Å²) in [5, 5.41) is 99.0. The number of aliphatic hydroxyl groups excluding tert-OH is 10. The second-order valence-corrected chi connectivity index (χ2v) is 8.21. The van der Waals surface area contributed by atoms with E-state index in [0.717, 1.165) is 0 Å². The van der Waals surface area contributed by atoms with Crippen LogP contribution in [0.5, 0.6) is 0 Å². The van der Waals surface area contributed by atoms with Gasteiger partial charge >= 0.3 is 0 Å². The van der Waals surface area contributed by atoms with Gasteiger partial charge in [0.15, 0.2) is 12.6 Å². The van der Waals surface area contributed by atoms with Crippen molar-refractivity contribution in [3.63, 3.8) is 0 Å². The lowest BCUT2D eigenvalue weighted by atomic mass is 9.97. The summed E-state index contributed by atoms with van der Waals surface area (Å²) < 4.78 is 27.1. The first-order chi connectivity index (χ1) is 15.6. The summed E-state index contributed by atoms with van der Waals surface area (Å²) in [6.45, 7) is -2.38. The molecule has 15 heteroatoms. The van der Waals surface area contributed by atoms with Gasteiger partial charge in [0.25, 0.3) is 0 Å². The largest absolute Gasteiger partial charge is 0.394 e. The Balaban J connectivity index is 1.77. The average Bonchev–Trinajstić information content (AvgIpc) is 2.81. The van der Waals surface area contributed by atoms with E-state index in [0.29, 0.717) is 0 Å².